The fraction of sp³-hybridized carbons (Fsp3) is 0.222. The molecular formula is C72H72N2. The van der Waals surface area contributed by atoms with Gasteiger partial charge in [0.1, 0.15) is 0 Å². The molecule has 0 spiro atoms. The van der Waals surface area contributed by atoms with Crippen LogP contribution in [0.3, 0.4) is 0 Å². The Bertz CT molecular complexity index is 3610. The summed E-state index contributed by atoms with van der Waals surface area (Å²) in [6.07, 6.45) is 29.4. The van der Waals surface area contributed by atoms with Crippen LogP contribution in [0.5, 0.6) is 0 Å². The van der Waals surface area contributed by atoms with Crippen LogP contribution in [-0.2, 0) is 0 Å². The first kappa shape index (κ1) is 49.9. The maximum absolute atomic E-state index is 4.33. The lowest BCUT2D eigenvalue weighted by Crippen LogP contribution is -2.10. The highest BCUT2D eigenvalue weighted by molar-refractivity contribution is 6.10. The van der Waals surface area contributed by atoms with E-state index in [-0.39, 0.29) is 0 Å². The fourth-order valence-electron chi connectivity index (χ4n) is 12.2. The van der Waals surface area contributed by atoms with Crippen molar-refractivity contribution in [3.63, 3.8) is 0 Å². The van der Waals surface area contributed by atoms with Gasteiger partial charge in [0.15, 0.2) is 0 Å². The third-order valence-corrected chi connectivity index (χ3v) is 15.5. The zero-order valence-electron chi connectivity index (χ0n) is 45.0. The molecule has 0 N–H and O–H groups in total. The number of allylic oxidation sites excluding steroid dienone is 10. The monoisotopic (exact) mass is 965 g/mol. The summed E-state index contributed by atoms with van der Waals surface area (Å²) < 4.78 is 2.42. The second-order valence-corrected chi connectivity index (χ2v) is 20.1. The highest BCUT2D eigenvalue weighted by Crippen LogP contribution is 2.60. The van der Waals surface area contributed by atoms with Crippen LogP contribution in [0, 0.1) is 19.8 Å². The van der Waals surface area contributed by atoms with Gasteiger partial charge in [0.2, 0.25) is 0 Å². The van der Waals surface area contributed by atoms with Gasteiger partial charge in [-0.1, -0.05) is 186 Å². The number of nitrogens with zero attached hydrogens (tertiary/aromatic N) is 2. The molecule has 74 heavy (non-hydrogen) atoms. The first-order valence-corrected chi connectivity index (χ1v) is 27.4. The molecule has 2 aromatic heterocycles. The standard InChI is InChI=1S/C67H58N2.C3H8.C2H6/c1-7-17-65-53(9-3)60-22-16-23-61-54(10-4)66(69(65)67(60)61)52(8-2)48-29-35-55(42(5)38-48)56-37-34-51(39-43(56)6)68(49-30-24-45(25-31-49)44-18-12-11-13-19-44)50-32-26-46(27-33-50)47-28-36-59-62(40-47)57-20-14-15-21-58(57)63-41-64(59)63;1-3-2;1-2/h7-10,12,14,16-20,22-40,63-64H,3-4,11,13,15,21,41H2,1-2,5-6H3;3H2,1-2H3;1-2H3/b17-7-,52-8-;;. The van der Waals surface area contributed by atoms with E-state index in [1.807, 2.05) is 26.0 Å². The van der Waals surface area contributed by atoms with Crippen LogP contribution in [0.25, 0.3) is 73.5 Å². The van der Waals surface area contributed by atoms with Crippen LogP contribution >= 0.6 is 0 Å². The first-order chi connectivity index (χ1) is 36.3. The molecule has 0 radical (unpaired) electrons. The highest BCUT2D eigenvalue weighted by atomic mass is 15.1. The number of aryl methyl sites for hydroxylation is 2. The molecular weight excluding hydrogens is 893 g/mol. The minimum absolute atomic E-state index is 0.718. The van der Waals surface area contributed by atoms with Gasteiger partial charge in [-0.3, -0.25) is 0 Å². The number of anilines is 3. The van der Waals surface area contributed by atoms with Gasteiger partial charge < -0.3 is 9.30 Å². The second-order valence-electron chi connectivity index (χ2n) is 20.1. The Morgan fingerprint density at radius 2 is 1.28 bits per heavy atom. The lowest BCUT2D eigenvalue weighted by atomic mass is 9.80. The average molecular weight is 965 g/mol. The van der Waals surface area contributed by atoms with E-state index in [4.69, 9.17) is 0 Å². The summed E-state index contributed by atoms with van der Waals surface area (Å²) in [6.45, 7) is 25.5. The van der Waals surface area contributed by atoms with Gasteiger partial charge in [-0.05, 0) is 187 Å². The molecule has 2 nitrogen and oxygen atoms in total. The number of hydrogen-bond acceptors (Lipinski definition) is 1. The Hall–Kier alpha value is -7.68. The summed E-state index contributed by atoms with van der Waals surface area (Å²) in [5, 5.41) is 2.42. The van der Waals surface area contributed by atoms with E-state index in [2.05, 4.69) is 234 Å². The van der Waals surface area contributed by atoms with Crippen molar-refractivity contribution < 1.29 is 0 Å². The third-order valence-electron chi connectivity index (χ3n) is 15.5. The minimum Gasteiger partial charge on any atom is -0.310 e. The average Bonchev–Trinajstić information content (AvgIpc) is 4.11. The molecule has 12 rings (SSSR count). The molecule has 0 aliphatic heterocycles. The Morgan fingerprint density at radius 1 is 0.649 bits per heavy atom. The van der Waals surface area contributed by atoms with Gasteiger partial charge in [-0.15, -0.1) is 0 Å². The summed E-state index contributed by atoms with van der Waals surface area (Å²) in [6, 6.07) is 46.1. The Morgan fingerprint density at radius 3 is 1.92 bits per heavy atom. The van der Waals surface area contributed by atoms with Crippen LogP contribution < -0.4 is 4.90 Å². The van der Waals surface area contributed by atoms with Crippen molar-refractivity contribution in [2.75, 3.05) is 4.90 Å². The lowest BCUT2D eigenvalue weighted by Gasteiger charge is -2.27. The largest absolute Gasteiger partial charge is 0.310 e. The molecule has 8 aromatic rings. The molecule has 4 aliphatic carbocycles. The van der Waals surface area contributed by atoms with Crippen molar-refractivity contribution in [3.05, 3.63) is 238 Å². The van der Waals surface area contributed by atoms with Crippen LogP contribution in [0.2, 0.25) is 0 Å². The number of para-hydroxylation sites is 1. The smallest absolute Gasteiger partial charge is 0.0620 e. The quantitative estimate of drug-likeness (QED) is 0.125. The SMILES string of the molecule is C=Cc1c(/C=C\C)n2c(/C(=C\C)c3ccc(-c4ccc(N(c5ccc(C6=CCCC=C6)cc5)c5ccc(-c6ccc7c(c6)C6=C(CCC=C6)C6CC76)cc5)cc4C)c(C)c3)c(C=C)c3cccc1c32.CC.CCC. The molecule has 0 bridgehead atoms. The van der Waals surface area contributed by atoms with E-state index < -0.39 is 0 Å². The topological polar surface area (TPSA) is 7.65 Å². The predicted octanol–water partition coefficient (Wildman–Crippen LogP) is 21.1. The van der Waals surface area contributed by atoms with Gasteiger partial charge in [0.25, 0.3) is 0 Å². The molecule has 2 heteroatoms. The van der Waals surface area contributed by atoms with E-state index in [1.54, 1.807) is 11.1 Å². The number of aromatic nitrogens is 1. The number of benzene rings is 6. The third kappa shape index (κ3) is 8.79. The van der Waals surface area contributed by atoms with Crippen LogP contribution in [-0.4, -0.2) is 4.40 Å². The van der Waals surface area contributed by atoms with E-state index in [0.29, 0.717) is 0 Å². The van der Waals surface area contributed by atoms with Gasteiger partial charge in [-0.2, -0.15) is 0 Å². The lowest BCUT2D eigenvalue weighted by molar-refractivity contribution is 0.817. The van der Waals surface area contributed by atoms with Crippen LogP contribution in [0.15, 0.2) is 183 Å². The van der Waals surface area contributed by atoms with Crippen molar-refractivity contribution in [1.29, 1.82) is 0 Å². The van der Waals surface area contributed by atoms with E-state index in [1.165, 1.54) is 109 Å². The van der Waals surface area contributed by atoms with Crippen molar-refractivity contribution in [2.45, 2.75) is 99.8 Å². The molecule has 1 fully saturated rings. The molecule has 6 aromatic carbocycles. The van der Waals surface area contributed by atoms with Crippen LogP contribution in [0.1, 0.15) is 142 Å². The normalized spacial score (nSPS) is 16.5. The van der Waals surface area contributed by atoms with Gasteiger partial charge in [0, 0.05) is 44.5 Å². The fourth-order valence-corrected chi connectivity index (χ4v) is 12.2. The summed E-state index contributed by atoms with van der Waals surface area (Å²) in [5.41, 5.74) is 27.8. The zero-order valence-corrected chi connectivity index (χ0v) is 45.0. The minimum atomic E-state index is 0.718. The van der Waals surface area contributed by atoms with E-state index in [9.17, 15) is 0 Å². The van der Waals surface area contributed by atoms with Gasteiger partial charge in [0.05, 0.1) is 16.9 Å². The summed E-state index contributed by atoms with van der Waals surface area (Å²) in [4.78, 5) is 2.41. The second kappa shape index (κ2) is 21.4. The summed E-state index contributed by atoms with van der Waals surface area (Å²) in [7, 11) is 0. The van der Waals surface area contributed by atoms with Crippen molar-refractivity contribution in [2.24, 2.45) is 5.92 Å². The summed E-state index contributed by atoms with van der Waals surface area (Å²) in [5.74, 6) is 1.49. The van der Waals surface area contributed by atoms with Gasteiger partial charge >= 0.3 is 0 Å². The maximum atomic E-state index is 4.33. The zero-order chi connectivity index (χ0) is 51.6. The predicted molar refractivity (Wildman–Crippen MR) is 325 cm³/mol. The molecule has 0 saturated heterocycles. The van der Waals surface area contributed by atoms with Crippen LogP contribution in [0.4, 0.5) is 17.1 Å². The Labute approximate surface area is 441 Å². The Kier molecular flexibility index (Phi) is 14.4. The van der Waals surface area contributed by atoms with Crippen molar-refractivity contribution in [1.82, 2.24) is 4.40 Å². The van der Waals surface area contributed by atoms with Crippen molar-refractivity contribution in [3.8, 4) is 22.3 Å². The van der Waals surface area contributed by atoms with E-state index in [0.717, 1.165) is 64.3 Å². The Balaban J connectivity index is 0.00000121. The number of fused-ring (bicyclic) bond motifs is 5. The number of hydrogen-bond donors (Lipinski definition) is 0. The van der Waals surface area contributed by atoms with E-state index >= 15 is 0 Å². The van der Waals surface area contributed by atoms with Crippen molar-refractivity contribution >= 4 is 68.3 Å². The maximum Gasteiger partial charge on any atom is 0.0620 e. The first-order valence-electron chi connectivity index (χ1n) is 27.4. The number of rotatable bonds is 11. The molecule has 2 atom stereocenters. The highest BCUT2D eigenvalue weighted by Gasteiger charge is 2.46. The molecule has 370 valence electrons. The molecule has 2 unspecified atom stereocenters. The molecule has 2 heterocycles. The summed E-state index contributed by atoms with van der Waals surface area (Å²) >= 11 is 0. The van der Waals surface area contributed by atoms with Gasteiger partial charge in [-0.25, -0.2) is 0 Å². The molecule has 1 saturated carbocycles. The molecule has 0 amide bonds. The molecule has 4 aliphatic rings.